The summed E-state index contributed by atoms with van der Waals surface area (Å²) >= 11 is 0. The standard InChI is InChI=1S/C8H10O6S/c9-5-8(10)6-2-1-3-7(4-6)14-15(11,12)13/h1-4,8-10H,5H2,(H,11,12,13). The third-order valence-electron chi connectivity index (χ3n) is 1.62. The number of hydrogen-bond donors (Lipinski definition) is 3. The van der Waals surface area contributed by atoms with Crippen LogP contribution in [0.3, 0.4) is 0 Å². The molecule has 0 amide bonds. The topological polar surface area (TPSA) is 104 Å². The van der Waals surface area contributed by atoms with Crippen molar-refractivity contribution in [3.8, 4) is 5.75 Å². The van der Waals surface area contributed by atoms with Crippen LogP contribution in [0.25, 0.3) is 0 Å². The van der Waals surface area contributed by atoms with E-state index >= 15 is 0 Å². The van der Waals surface area contributed by atoms with E-state index in [0.29, 0.717) is 5.56 Å². The van der Waals surface area contributed by atoms with Crippen LogP contribution < -0.4 is 4.18 Å². The molecule has 0 radical (unpaired) electrons. The molecule has 0 aliphatic rings. The number of benzene rings is 1. The molecule has 0 heterocycles. The molecule has 6 nitrogen and oxygen atoms in total. The molecule has 1 atom stereocenters. The van der Waals surface area contributed by atoms with Crippen molar-refractivity contribution in [1.29, 1.82) is 0 Å². The molecule has 0 saturated heterocycles. The smallest absolute Gasteiger partial charge is 0.393 e. The van der Waals surface area contributed by atoms with Crippen LogP contribution in [0, 0.1) is 0 Å². The van der Waals surface area contributed by atoms with Gasteiger partial charge in [-0.2, -0.15) is 8.42 Å². The van der Waals surface area contributed by atoms with E-state index in [4.69, 9.17) is 9.66 Å². The normalized spacial score (nSPS) is 13.5. The van der Waals surface area contributed by atoms with Gasteiger partial charge in [0.15, 0.2) is 0 Å². The fourth-order valence-corrected chi connectivity index (χ4v) is 1.35. The molecule has 0 aliphatic carbocycles. The summed E-state index contributed by atoms with van der Waals surface area (Å²) in [5.41, 5.74) is 0.290. The highest BCUT2D eigenvalue weighted by molar-refractivity contribution is 7.81. The lowest BCUT2D eigenvalue weighted by atomic mass is 10.1. The first kappa shape index (κ1) is 11.9. The second-order valence-corrected chi connectivity index (χ2v) is 3.80. The van der Waals surface area contributed by atoms with Gasteiger partial charge in [0, 0.05) is 0 Å². The molecule has 7 heteroatoms. The Morgan fingerprint density at radius 2 is 2.07 bits per heavy atom. The van der Waals surface area contributed by atoms with Crippen molar-refractivity contribution in [1.82, 2.24) is 0 Å². The first-order chi connectivity index (χ1) is 6.92. The largest absolute Gasteiger partial charge is 0.446 e. The minimum atomic E-state index is -4.57. The molecule has 0 saturated carbocycles. The Labute approximate surface area is 86.7 Å². The molecule has 0 aliphatic heterocycles. The van der Waals surface area contributed by atoms with Crippen LogP contribution in [0.1, 0.15) is 11.7 Å². The quantitative estimate of drug-likeness (QED) is 0.628. The predicted molar refractivity (Wildman–Crippen MR) is 50.7 cm³/mol. The predicted octanol–water partition coefficient (Wildman–Crippen LogP) is -0.106. The van der Waals surface area contributed by atoms with Crippen molar-refractivity contribution in [2.45, 2.75) is 6.10 Å². The molecule has 3 N–H and O–H groups in total. The molecule has 0 bridgehead atoms. The summed E-state index contributed by atoms with van der Waals surface area (Å²) in [5, 5.41) is 17.9. The zero-order chi connectivity index (χ0) is 11.5. The molecule has 1 aromatic carbocycles. The molecule has 1 rings (SSSR count). The van der Waals surface area contributed by atoms with Crippen molar-refractivity contribution in [3.63, 3.8) is 0 Å². The Kier molecular flexibility index (Phi) is 3.64. The second-order valence-electron chi connectivity index (χ2n) is 2.78. The number of aliphatic hydroxyl groups is 2. The summed E-state index contributed by atoms with van der Waals surface area (Å²) in [7, 11) is -4.57. The van der Waals surface area contributed by atoms with E-state index in [9.17, 15) is 13.5 Å². The Bertz CT molecular complexity index is 427. The monoisotopic (exact) mass is 234 g/mol. The summed E-state index contributed by atoms with van der Waals surface area (Å²) in [4.78, 5) is 0. The van der Waals surface area contributed by atoms with Gasteiger partial charge >= 0.3 is 10.4 Å². The van der Waals surface area contributed by atoms with E-state index in [1.165, 1.54) is 24.3 Å². The van der Waals surface area contributed by atoms with E-state index < -0.39 is 23.1 Å². The van der Waals surface area contributed by atoms with Gasteiger partial charge in [-0.3, -0.25) is 4.55 Å². The van der Waals surface area contributed by atoms with Crippen LogP contribution in [-0.2, 0) is 10.4 Å². The number of hydrogen-bond acceptors (Lipinski definition) is 5. The summed E-state index contributed by atoms with van der Waals surface area (Å²) in [6, 6.07) is 5.41. The average Bonchev–Trinajstić information content (AvgIpc) is 2.14. The fraction of sp³-hybridized carbons (Fsp3) is 0.250. The Morgan fingerprint density at radius 3 is 2.60 bits per heavy atom. The maximum absolute atomic E-state index is 10.4. The summed E-state index contributed by atoms with van der Waals surface area (Å²) in [6.45, 7) is -0.491. The van der Waals surface area contributed by atoms with Crippen LogP contribution >= 0.6 is 0 Å². The molecule has 15 heavy (non-hydrogen) atoms. The molecule has 0 fully saturated rings. The van der Waals surface area contributed by atoms with Crippen molar-refractivity contribution >= 4 is 10.4 Å². The Hall–Kier alpha value is -1.15. The zero-order valence-electron chi connectivity index (χ0n) is 7.57. The first-order valence-electron chi connectivity index (χ1n) is 3.98. The highest BCUT2D eigenvalue weighted by atomic mass is 32.3. The van der Waals surface area contributed by atoms with Gasteiger partial charge < -0.3 is 14.4 Å². The molecule has 0 aromatic heterocycles. The third kappa shape index (κ3) is 3.84. The van der Waals surface area contributed by atoms with Gasteiger partial charge in [0.05, 0.1) is 6.61 Å². The Morgan fingerprint density at radius 1 is 1.40 bits per heavy atom. The lowest BCUT2D eigenvalue weighted by Crippen LogP contribution is -2.08. The SMILES string of the molecule is O=S(=O)(O)Oc1cccc(C(O)CO)c1. The molecule has 84 valence electrons. The minimum Gasteiger partial charge on any atom is -0.393 e. The van der Waals surface area contributed by atoms with Crippen molar-refractivity contribution in [2.75, 3.05) is 6.61 Å². The molecule has 1 aromatic rings. The fourth-order valence-electron chi connectivity index (χ4n) is 1.00. The maximum atomic E-state index is 10.4. The van der Waals surface area contributed by atoms with Crippen LogP contribution in [0.4, 0.5) is 0 Å². The summed E-state index contributed by atoms with van der Waals surface area (Å²) in [5.74, 6) is -0.137. The van der Waals surface area contributed by atoms with Crippen LogP contribution in [0.15, 0.2) is 24.3 Å². The van der Waals surface area contributed by atoms with Crippen molar-refractivity contribution in [2.24, 2.45) is 0 Å². The van der Waals surface area contributed by atoms with E-state index in [1.54, 1.807) is 0 Å². The van der Waals surface area contributed by atoms with Gasteiger partial charge in [-0.1, -0.05) is 12.1 Å². The molecular formula is C8H10O6S. The molecule has 1 unspecified atom stereocenters. The van der Waals surface area contributed by atoms with Gasteiger partial charge in [0.1, 0.15) is 11.9 Å². The third-order valence-corrected chi connectivity index (χ3v) is 2.02. The summed E-state index contributed by atoms with van der Waals surface area (Å²) in [6.07, 6.45) is -1.12. The number of rotatable bonds is 4. The lowest BCUT2D eigenvalue weighted by Gasteiger charge is -2.08. The maximum Gasteiger partial charge on any atom is 0.446 e. The zero-order valence-corrected chi connectivity index (χ0v) is 8.38. The van der Waals surface area contributed by atoms with E-state index in [-0.39, 0.29) is 5.75 Å². The van der Waals surface area contributed by atoms with Crippen molar-refractivity contribution < 1.29 is 27.4 Å². The number of aliphatic hydroxyl groups excluding tert-OH is 2. The van der Waals surface area contributed by atoms with Gasteiger partial charge in [-0.25, -0.2) is 0 Å². The molecule has 0 spiro atoms. The Balaban J connectivity index is 2.93. The lowest BCUT2D eigenvalue weighted by molar-refractivity contribution is 0.0955. The van der Waals surface area contributed by atoms with Crippen LogP contribution in [0.5, 0.6) is 5.75 Å². The van der Waals surface area contributed by atoms with E-state index in [0.717, 1.165) is 0 Å². The van der Waals surface area contributed by atoms with E-state index in [1.807, 2.05) is 0 Å². The van der Waals surface area contributed by atoms with Gasteiger partial charge in [0.25, 0.3) is 0 Å². The van der Waals surface area contributed by atoms with E-state index in [2.05, 4.69) is 4.18 Å². The highest BCUT2D eigenvalue weighted by Gasteiger charge is 2.10. The van der Waals surface area contributed by atoms with Gasteiger partial charge in [0.2, 0.25) is 0 Å². The van der Waals surface area contributed by atoms with Crippen LogP contribution in [-0.4, -0.2) is 29.8 Å². The first-order valence-corrected chi connectivity index (χ1v) is 5.34. The second kappa shape index (κ2) is 4.58. The molecular weight excluding hydrogens is 224 g/mol. The van der Waals surface area contributed by atoms with Crippen molar-refractivity contribution in [3.05, 3.63) is 29.8 Å². The summed E-state index contributed by atoms with van der Waals surface area (Å²) < 4.78 is 33.3. The van der Waals surface area contributed by atoms with Gasteiger partial charge in [-0.05, 0) is 17.7 Å². The highest BCUT2D eigenvalue weighted by Crippen LogP contribution is 2.19. The average molecular weight is 234 g/mol. The van der Waals surface area contributed by atoms with Crippen LogP contribution in [0.2, 0.25) is 0 Å². The minimum absolute atomic E-state index is 0.137. The van der Waals surface area contributed by atoms with Gasteiger partial charge in [-0.15, -0.1) is 0 Å².